The minimum atomic E-state index is 0.765. The maximum atomic E-state index is 4.87. The Bertz CT molecular complexity index is 1170. The molecule has 1 aliphatic rings. The molecule has 5 rings (SSSR count). The van der Waals surface area contributed by atoms with E-state index in [1.807, 2.05) is 20.0 Å². The zero-order chi connectivity index (χ0) is 19.8. The average molecular weight is 383 g/mol. The Kier molecular flexibility index (Phi) is 4.58. The van der Waals surface area contributed by atoms with Crippen molar-refractivity contribution in [2.75, 3.05) is 0 Å². The molecule has 1 aliphatic carbocycles. The molecule has 4 aromatic rings. The van der Waals surface area contributed by atoms with Crippen LogP contribution >= 0.6 is 0 Å². The minimum Gasteiger partial charge on any atom is -0.272 e. The molecule has 0 N–H and O–H groups in total. The number of hydrogen-bond donors (Lipinski definition) is 0. The summed E-state index contributed by atoms with van der Waals surface area (Å²) in [7, 11) is 0. The predicted octanol–water partition coefficient (Wildman–Crippen LogP) is 5.36. The van der Waals surface area contributed by atoms with E-state index in [0.29, 0.717) is 0 Å². The fourth-order valence-electron chi connectivity index (χ4n) is 4.36. The molecule has 5 heteroatoms. The zero-order valence-corrected chi connectivity index (χ0v) is 17.0. The van der Waals surface area contributed by atoms with Crippen molar-refractivity contribution in [3.63, 3.8) is 0 Å². The molecule has 0 saturated heterocycles. The molecule has 3 heterocycles. The van der Waals surface area contributed by atoms with E-state index < -0.39 is 0 Å². The summed E-state index contributed by atoms with van der Waals surface area (Å²) in [6.07, 6.45) is 9.49. The third-order valence-corrected chi connectivity index (χ3v) is 5.88. The van der Waals surface area contributed by atoms with Gasteiger partial charge < -0.3 is 0 Å². The molecule has 0 radical (unpaired) electrons. The monoisotopic (exact) mass is 383 g/mol. The van der Waals surface area contributed by atoms with Gasteiger partial charge in [-0.25, -0.2) is 0 Å². The molecule has 0 bridgehead atoms. The van der Waals surface area contributed by atoms with Crippen molar-refractivity contribution in [3.05, 3.63) is 60.2 Å². The highest BCUT2D eigenvalue weighted by Crippen LogP contribution is 2.33. The molecular weight excluding hydrogens is 358 g/mol. The predicted molar refractivity (Wildman–Crippen MR) is 115 cm³/mol. The van der Waals surface area contributed by atoms with Gasteiger partial charge in [-0.3, -0.25) is 9.67 Å². The van der Waals surface area contributed by atoms with E-state index in [1.54, 1.807) is 0 Å². The lowest BCUT2D eigenvalue weighted by molar-refractivity contribution is 0.429. The van der Waals surface area contributed by atoms with Crippen LogP contribution in [0.25, 0.3) is 33.3 Å². The minimum absolute atomic E-state index is 0.765. The third-order valence-electron chi connectivity index (χ3n) is 5.88. The van der Waals surface area contributed by atoms with Gasteiger partial charge in [-0.15, -0.1) is 0 Å². The first-order chi connectivity index (χ1) is 14.2. The van der Waals surface area contributed by atoms with Crippen LogP contribution in [0.1, 0.15) is 37.1 Å². The summed E-state index contributed by atoms with van der Waals surface area (Å²) >= 11 is 0. The molecule has 5 nitrogen and oxygen atoms in total. The van der Waals surface area contributed by atoms with Crippen molar-refractivity contribution < 1.29 is 0 Å². The molecular formula is C24H25N5. The fourth-order valence-corrected chi connectivity index (χ4v) is 4.36. The molecule has 1 fully saturated rings. The molecule has 146 valence electrons. The molecule has 0 aliphatic heterocycles. The first kappa shape index (κ1) is 18.0. The van der Waals surface area contributed by atoms with Crippen LogP contribution in [-0.2, 0) is 6.54 Å². The van der Waals surface area contributed by atoms with Crippen LogP contribution in [0.15, 0.2) is 48.8 Å². The normalized spacial score (nSPS) is 14.7. The Labute approximate surface area is 170 Å². The van der Waals surface area contributed by atoms with Crippen molar-refractivity contribution in [3.8, 4) is 22.4 Å². The first-order valence-electron chi connectivity index (χ1n) is 10.4. The quantitative estimate of drug-likeness (QED) is 0.476. The topological polar surface area (TPSA) is 56.5 Å². The number of aromatic nitrogens is 5. The van der Waals surface area contributed by atoms with Crippen LogP contribution in [0.5, 0.6) is 0 Å². The van der Waals surface area contributed by atoms with Crippen molar-refractivity contribution in [2.24, 2.45) is 5.92 Å². The molecule has 1 aromatic carbocycles. The molecule has 0 atom stereocenters. The van der Waals surface area contributed by atoms with E-state index >= 15 is 0 Å². The van der Waals surface area contributed by atoms with E-state index in [-0.39, 0.29) is 0 Å². The Morgan fingerprint density at radius 1 is 0.931 bits per heavy atom. The van der Waals surface area contributed by atoms with Gasteiger partial charge in [-0.05, 0) is 50.8 Å². The molecule has 3 aromatic heterocycles. The van der Waals surface area contributed by atoms with Gasteiger partial charge in [0.1, 0.15) is 0 Å². The number of hydrogen-bond acceptors (Lipinski definition) is 4. The Morgan fingerprint density at radius 2 is 1.79 bits per heavy atom. The van der Waals surface area contributed by atoms with Gasteiger partial charge in [0.2, 0.25) is 0 Å². The summed E-state index contributed by atoms with van der Waals surface area (Å²) in [6, 6.07) is 12.6. The summed E-state index contributed by atoms with van der Waals surface area (Å²) < 4.78 is 2.10. The number of fused-ring (bicyclic) bond motifs is 1. The number of nitrogens with zero attached hydrogens (tertiary/aromatic N) is 5. The summed E-state index contributed by atoms with van der Waals surface area (Å²) in [4.78, 5) is 4.87. The number of aryl methyl sites for hydroxylation is 2. The molecule has 0 amide bonds. The van der Waals surface area contributed by atoms with E-state index in [0.717, 1.165) is 57.1 Å². The lowest BCUT2D eigenvalue weighted by Crippen LogP contribution is -2.07. The lowest BCUT2D eigenvalue weighted by atomic mass is 10.00. The van der Waals surface area contributed by atoms with Gasteiger partial charge in [-0.1, -0.05) is 31.0 Å². The van der Waals surface area contributed by atoms with Crippen LogP contribution in [0.3, 0.4) is 0 Å². The second-order valence-corrected chi connectivity index (χ2v) is 8.21. The molecule has 1 saturated carbocycles. The highest BCUT2D eigenvalue weighted by Gasteiger charge is 2.17. The van der Waals surface area contributed by atoms with Crippen molar-refractivity contribution in [1.29, 1.82) is 0 Å². The smallest absolute Gasteiger partial charge is 0.0936 e. The average Bonchev–Trinajstić information content (AvgIpc) is 3.40. The van der Waals surface area contributed by atoms with Gasteiger partial charge in [-0.2, -0.15) is 15.3 Å². The van der Waals surface area contributed by atoms with Crippen LogP contribution in [0.2, 0.25) is 0 Å². The van der Waals surface area contributed by atoms with Crippen LogP contribution in [-0.4, -0.2) is 25.0 Å². The Morgan fingerprint density at radius 3 is 2.66 bits per heavy atom. The van der Waals surface area contributed by atoms with Gasteiger partial charge in [0.05, 0.1) is 23.1 Å². The van der Waals surface area contributed by atoms with Gasteiger partial charge >= 0.3 is 0 Å². The van der Waals surface area contributed by atoms with Gasteiger partial charge in [0.15, 0.2) is 0 Å². The Balaban J connectivity index is 1.54. The molecule has 0 spiro atoms. The maximum Gasteiger partial charge on any atom is 0.0936 e. The highest BCUT2D eigenvalue weighted by atomic mass is 15.3. The standard InChI is InChI=1S/C24H25N5/c1-16-7-10-22(21-13-25-29(15-21)14-18-5-3-4-6-18)24(26-16)20-9-8-19-11-17(2)27-28-23(19)12-20/h7-13,15,18H,3-6,14H2,1-2H3. The third kappa shape index (κ3) is 3.65. The van der Waals surface area contributed by atoms with Crippen molar-refractivity contribution in [2.45, 2.75) is 46.1 Å². The summed E-state index contributed by atoms with van der Waals surface area (Å²) in [5.74, 6) is 0.765. The van der Waals surface area contributed by atoms with Gasteiger partial charge in [0, 0.05) is 40.5 Å². The SMILES string of the molecule is Cc1cc2ccc(-c3nc(C)ccc3-c3cnn(CC4CCCC4)c3)cc2nn1. The first-order valence-corrected chi connectivity index (χ1v) is 10.4. The zero-order valence-electron chi connectivity index (χ0n) is 17.0. The van der Waals surface area contributed by atoms with Gasteiger partial charge in [0.25, 0.3) is 0 Å². The lowest BCUT2D eigenvalue weighted by Gasteiger charge is -2.10. The van der Waals surface area contributed by atoms with E-state index in [9.17, 15) is 0 Å². The summed E-state index contributed by atoms with van der Waals surface area (Å²) in [6.45, 7) is 5.00. The maximum absolute atomic E-state index is 4.87. The second-order valence-electron chi connectivity index (χ2n) is 8.21. The van der Waals surface area contributed by atoms with Crippen LogP contribution in [0, 0.1) is 19.8 Å². The molecule has 0 unspecified atom stereocenters. The number of pyridine rings is 1. The van der Waals surface area contributed by atoms with Crippen molar-refractivity contribution in [1.82, 2.24) is 25.0 Å². The summed E-state index contributed by atoms with van der Waals surface area (Å²) in [5, 5.41) is 14.3. The number of rotatable bonds is 4. The largest absolute Gasteiger partial charge is 0.272 e. The van der Waals surface area contributed by atoms with Crippen LogP contribution in [0.4, 0.5) is 0 Å². The summed E-state index contributed by atoms with van der Waals surface area (Å²) in [5.41, 5.74) is 7.05. The fraction of sp³-hybridized carbons (Fsp3) is 0.333. The van der Waals surface area contributed by atoms with E-state index in [2.05, 4.69) is 62.6 Å². The van der Waals surface area contributed by atoms with Crippen molar-refractivity contribution >= 4 is 10.9 Å². The van der Waals surface area contributed by atoms with E-state index in [4.69, 9.17) is 4.98 Å². The second kappa shape index (κ2) is 7.39. The molecule has 29 heavy (non-hydrogen) atoms. The highest BCUT2D eigenvalue weighted by molar-refractivity contribution is 5.87. The number of benzene rings is 1. The van der Waals surface area contributed by atoms with E-state index in [1.165, 1.54) is 25.7 Å². The Hall–Kier alpha value is -3.08. The van der Waals surface area contributed by atoms with Crippen LogP contribution < -0.4 is 0 Å².